The van der Waals surface area contributed by atoms with Crippen molar-refractivity contribution in [3.8, 4) is 11.5 Å². The Hall–Kier alpha value is -2.22. The maximum atomic E-state index is 12.5. The highest BCUT2D eigenvalue weighted by molar-refractivity contribution is 7.99. The van der Waals surface area contributed by atoms with Crippen molar-refractivity contribution in [2.45, 2.75) is 32.0 Å². The average Bonchev–Trinajstić information content (AvgIpc) is 3.00. The lowest BCUT2D eigenvalue weighted by Gasteiger charge is -2.15. The van der Waals surface area contributed by atoms with Gasteiger partial charge >= 0.3 is 0 Å². The minimum Gasteiger partial charge on any atom is -0.490 e. The van der Waals surface area contributed by atoms with Crippen molar-refractivity contribution < 1.29 is 14.3 Å². The number of nitrogens with one attached hydrogen (secondary N) is 1. The number of carbonyl (C=O) groups excluding carboxylic acids is 1. The zero-order chi connectivity index (χ0) is 16.9. The molecule has 1 aromatic heterocycles. The lowest BCUT2D eigenvalue weighted by molar-refractivity contribution is 0.102. The molecule has 7 nitrogen and oxygen atoms in total. The number of hydrogen-bond donors (Lipinski definition) is 1. The van der Waals surface area contributed by atoms with E-state index in [0.717, 1.165) is 23.9 Å². The molecule has 8 heteroatoms. The molecule has 2 aromatic rings. The first-order valence-electron chi connectivity index (χ1n) is 8.00. The molecule has 24 heavy (non-hydrogen) atoms. The third-order valence-corrected chi connectivity index (χ3v) is 4.56. The molecule has 0 aliphatic carbocycles. The van der Waals surface area contributed by atoms with E-state index >= 15 is 0 Å². The quantitative estimate of drug-likeness (QED) is 0.865. The Balaban J connectivity index is 1.79. The zero-order valence-electron chi connectivity index (χ0n) is 13.7. The normalized spacial score (nSPS) is 13.2. The number of carbonyl (C=O) groups is 1. The van der Waals surface area contributed by atoms with E-state index in [2.05, 4.69) is 15.5 Å². The highest BCUT2D eigenvalue weighted by Gasteiger charge is 2.19. The third kappa shape index (κ3) is 3.48. The average molecular weight is 348 g/mol. The van der Waals surface area contributed by atoms with Gasteiger partial charge in [0.15, 0.2) is 16.7 Å². The molecule has 3 rings (SSSR count). The Morgan fingerprint density at radius 2 is 2.04 bits per heavy atom. The molecular formula is C16H20N4O3S. The Labute approximate surface area is 144 Å². The lowest BCUT2D eigenvalue weighted by Crippen LogP contribution is -2.18. The predicted molar refractivity (Wildman–Crippen MR) is 92.1 cm³/mol. The van der Waals surface area contributed by atoms with Crippen LogP contribution in [0.4, 0.5) is 5.95 Å². The molecule has 0 atom stereocenters. The maximum Gasteiger partial charge on any atom is 0.258 e. The van der Waals surface area contributed by atoms with Crippen molar-refractivity contribution in [1.82, 2.24) is 14.8 Å². The van der Waals surface area contributed by atoms with Crippen LogP contribution in [0.3, 0.4) is 0 Å². The molecule has 0 unspecified atom stereocenters. The van der Waals surface area contributed by atoms with E-state index in [1.54, 1.807) is 30.0 Å². The van der Waals surface area contributed by atoms with Gasteiger partial charge in [-0.15, -0.1) is 10.2 Å². The van der Waals surface area contributed by atoms with Crippen LogP contribution in [-0.2, 0) is 6.54 Å². The number of thioether (sulfide) groups is 1. The number of benzene rings is 1. The van der Waals surface area contributed by atoms with Crippen molar-refractivity contribution in [2.75, 3.05) is 24.3 Å². The molecule has 0 saturated heterocycles. The van der Waals surface area contributed by atoms with Gasteiger partial charge in [-0.05, 0) is 38.5 Å². The Morgan fingerprint density at radius 3 is 2.83 bits per heavy atom. The molecule has 2 heterocycles. The van der Waals surface area contributed by atoms with Gasteiger partial charge in [0, 0.05) is 17.9 Å². The van der Waals surface area contributed by atoms with Gasteiger partial charge in [0.1, 0.15) is 0 Å². The van der Waals surface area contributed by atoms with Crippen LogP contribution in [0.5, 0.6) is 11.5 Å². The minimum atomic E-state index is -0.246. The highest BCUT2D eigenvalue weighted by Crippen LogP contribution is 2.29. The smallest absolute Gasteiger partial charge is 0.258 e. The van der Waals surface area contributed by atoms with Gasteiger partial charge in [0.2, 0.25) is 5.95 Å². The topological polar surface area (TPSA) is 78.3 Å². The summed E-state index contributed by atoms with van der Waals surface area (Å²) < 4.78 is 13.0. The maximum absolute atomic E-state index is 12.5. The fraction of sp³-hybridized carbons (Fsp3) is 0.438. The van der Waals surface area contributed by atoms with Gasteiger partial charge in [0.05, 0.1) is 13.2 Å². The second-order valence-corrected chi connectivity index (χ2v) is 6.20. The number of ether oxygens (including phenoxy) is 2. The van der Waals surface area contributed by atoms with Crippen molar-refractivity contribution in [1.29, 1.82) is 0 Å². The van der Waals surface area contributed by atoms with Crippen LogP contribution in [0.1, 0.15) is 30.6 Å². The Morgan fingerprint density at radius 1 is 1.25 bits per heavy atom. The van der Waals surface area contributed by atoms with Crippen LogP contribution in [0.25, 0.3) is 0 Å². The van der Waals surface area contributed by atoms with Crippen LogP contribution in [-0.4, -0.2) is 39.6 Å². The number of anilines is 1. The molecule has 0 radical (unpaired) electrons. The first-order chi connectivity index (χ1) is 11.7. The van der Waals surface area contributed by atoms with E-state index in [0.29, 0.717) is 36.2 Å². The summed E-state index contributed by atoms with van der Waals surface area (Å²) in [4.78, 5) is 12.5. The van der Waals surface area contributed by atoms with Crippen molar-refractivity contribution >= 4 is 23.6 Å². The Kier molecular flexibility index (Phi) is 5.24. The number of amides is 1. The molecule has 0 spiro atoms. The number of aromatic nitrogens is 3. The Bertz CT molecular complexity index is 732. The molecule has 1 aromatic carbocycles. The third-order valence-electron chi connectivity index (χ3n) is 3.50. The lowest BCUT2D eigenvalue weighted by atomic mass is 10.2. The summed E-state index contributed by atoms with van der Waals surface area (Å²) in [5.41, 5.74) is 0.489. The molecule has 1 amide bonds. The summed E-state index contributed by atoms with van der Waals surface area (Å²) in [5, 5.41) is 11.9. The van der Waals surface area contributed by atoms with Crippen molar-refractivity contribution in [3.05, 3.63) is 23.8 Å². The molecule has 1 N–H and O–H groups in total. The monoisotopic (exact) mass is 348 g/mol. The van der Waals surface area contributed by atoms with Crippen LogP contribution < -0.4 is 14.8 Å². The first kappa shape index (κ1) is 16.6. The van der Waals surface area contributed by atoms with Gasteiger partial charge in [-0.2, -0.15) is 0 Å². The molecule has 0 saturated carbocycles. The van der Waals surface area contributed by atoms with E-state index in [-0.39, 0.29) is 5.91 Å². The fourth-order valence-electron chi connectivity index (χ4n) is 2.44. The molecule has 0 fully saturated rings. The minimum absolute atomic E-state index is 0.246. The fourth-order valence-corrected chi connectivity index (χ4v) is 3.33. The van der Waals surface area contributed by atoms with E-state index < -0.39 is 0 Å². The van der Waals surface area contributed by atoms with Gasteiger partial charge < -0.3 is 9.47 Å². The summed E-state index contributed by atoms with van der Waals surface area (Å²) in [6, 6.07) is 5.15. The van der Waals surface area contributed by atoms with E-state index in [9.17, 15) is 4.79 Å². The predicted octanol–water partition coefficient (Wildman–Crippen LogP) is 2.82. The number of nitrogens with zero attached hydrogens (tertiary/aromatic N) is 3. The number of fused-ring (bicyclic) bond motifs is 1. The zero-order valence-corrected chi connectivity index (χ0v) is 14.6. The summed E-state index contributed by atoms with van der Waals surface area (Å²) in [5.74, 6) is 2.46. The first-order valence-corrected chi connectivity index (χ1v) is 8.98. The van der Waals surface area contributed by atoms with Crippen LogP contribution in [0, 0.1) is 0 Å². The summed E-state index contributed by atoms with van der Waals surface area (Å²) in [6.07, 6.45) is 1.04. The molecule has 0 bridgehead atoms. The summed E-state index contributed by atoms with van der Waals surface area (Å²) in [7, 11) is 0. The molecule has 128 valence electrons. The number of rotatable bonds is 6. The molecular weight excluding hydrogens is 328 g/mol. The van der Waals surface area contributed by atoms with Crippen molar-refractivity contribution in [3.63, 3.8) is 0 Å². The summed E-state index contributed by atoms with van der Waals surface area (Å²) in [6.45, 7) is 5.65. The van der Waals surface area contributed by atoms with Gasteiger partial charge in [0.25, 0.3) is 5.91 Å². The number of hydrogen-bond acceptors (Lipinski definition) is 6. The SMILES string of the molecule is CCOc1ccc(C(=O)Nc2nnc3n2CCCS3)cc1OCC. The van der Waals surface area contributed by atoms with Crippen molar-refractivity contribution in [2.24, 2.45) is 0 Å². The van der Waals surface area contributed by atoms with Crippen LogP contribution in [0.2, 0.25) is 0 Å². The highest BCUT2D eigenvalue weighted by atomic mass is 32.2. The van der Waals surface area contributed by atoms with Gasteiger partial charge in [-0.25, -0.2) is 0 Å². The largest absolute Gasteiger partial charge is 0.490 e. The second-order valence-electron chi connectivity index (χ2n) is 5.14. The van der Waals surface area contributed by atoms with E-state index in [1.807, 2.05) is 18.4 Å². The molecule has 1 aliphatic rings. The van der Waals surface area contributed by atoms with Gasteiger partial charge in [-0.3, -0.25) is 14.7 Å². The summed E-state index contributed by atoms with van der Waals surface area (Å²) >= 11 is 1.65. The van der Waals surface area contributed by atoms with Gasteiger partial charge in [-0.1, -0.05) is 11.8 Å². The van der Waals surface area contributed by atoms with E-state index in [1.165, 1.54) is 0 Å². The van der Waals surface area contributed by atoms with Crippen LogP contribution >= 0.6 is 11.8 Å². The standard InChI is InChI=1S/C16H20N4O3S/c1-3-22-12-7-6-11(10-13(12)23-4-2)14(21)17-15-18-19-16-20(15)8-5-9-24-16/h6-7,10H,3-5,8-9H2,1-2H3,(H,17,18,21). The molecule has 1 aliphatic heterocycles. The van der Waals surface area contributed by atoms with Crippen LogP contribution in [0.15, 0.2) is 23.4 Å². The van der Waals surface area contributed by atoms with E-state index in [4.69, 9.17) is 9.47 Å². The second kappa shape index (κ2) is 7.57.